The van der Waals surface area contributed by atoms with Gasteiger partial charge in [0.1, 0.15) is 11.6 Å². The van der Waals surface area contributed by atoms with Crippen molar-refractivity contribution in [3.05, 3.63) is 23.9 Å². The van der Waals surface area contributed by atoms with E-state index in [0.29, 0.717) is 31.0 Å². The number of aromatic nitrogens is 1. The van der Waals surface area contributed by atoms with Crippen molar-refractivity contribution in [2.24, 2.45) is 11.8 Å². The summed E-state index contributed by atoms with van der Waals surface area (Å²) in [5.74, 6) is 0.206. The summed E-state index contributed by atoms with van der Waals surface area (Å²) in [4.78, 5) is 4.17. The largest absolute Gasteiger partial charge is 0.495 e. The Balaban J connectivity index is 2.00. The Kier molecular flexibility index (Phi) is 6.48. The Morgan fingerprint density at radius 2 is 2.04 bits per heavy atom. The molecule has 1 aliphatic carbocycles. The molecule has 0 unspecified atom stereocenters. The molecule has 1 fully saturated rings. The summed E-state index contributed by atoms with van der Waals surface area (Å²) in [5.41, 5.74) is 0.811. The molecule has 134 valence electrons. The van der Waals surface area contributed by atoms with Crippen LogP contribution in [0.2, 0.25) is 0 Å². The number of halogens is 3. The van der Waals surface area contributed by atoms with Crippen molar-refractivity contribution in [3.63, 3.8) is 0 Å². The molecular formula is C17H23F3N2O2. The number of hydrogen-bond acceptors (Lipinski definition) is 4. The fourth-order valence-corrected chi connectivity index (χ4v) is 2.92. The highest BCUT2D eigenvalue weighted by molar-refractivity contribution is 5.61. The van der Waals surface area contributed by atoms with Gasteiger partial charge >= 0.3 is 6.18 Å². The number of nitrogens with one attached hydrogen (secondary N) is 1. The van der Waals surface area contributed by atoms with E-state index in [2.05, 4.69) is 10.3 Å². The smallest absolute Gasteiger partial charge is 0.391 e. The van der Waals surface area contributed by atoms with Gasteiger partial charge in [-0.15, -0.1) is 0 Å². The van der Waals surface area contributed by atoms with Gasteiger partial charge in [0.05, 0.1) is 25.8 Å². The molecule has 0 saturated heterocycles. The molecule has 0 bridgehead atoms. The number of alkyl halides is 3. The number of nitrogens with zero attached hydrogens (tertiary/aromatic N) is 1. The fraction of sp³-hybridized carbons (Fsp3) is 0.588. The Morgan fingerprint density at radius 3 is 2.62 bits per heavy atom. The summed E-state index contributed by atoms with van der Waals surface area (Å²) in [5, 5.41) is 11.8. The van der Waals surface area contributed by atoms with Crippen LogP contribution in [0.5, 0.6) is 5.75 Å². The third-order valence-electron chi connectivity index (χ3n) is 4.32. The van der Waals surface area contributed by atoms with Gasteiger partial charge in [0.25, 0.3) is 0 Å². The molecule has 0 aliphatic heterocycles. The summed E-state index contributed by atoms with van der Waals surface area (Å²) >= 11 is 0. The molecule has 0 amide bonds. The lowest BCUT2D eigenvalue weighted by Crippen LogP contribution is -2.27. The minimum absolute atomic E-state index is 0.00132. The monoisotopic (exact) mass is 344 g/mol. The van der Waals surface area contributed by atoms with E-state index >= 15 is 0 Å². The first kappa shape index (κ1) is 18.6. The maximum atomic E-state index is 12.7. The predicted molar refractivity (Wildman–Crippen MR) is 86.9 cm³/mol. The first-order valence-corrected chi connectivity index (χ1v) is 8.07. The van der Waals surface area contributed by atoms with Crippen molar-refractivity contribution in [1.82, 2.24) is 4.98 Å². The summed E-state index contributed by atoms with van der Waals surface area (Å²) in [6, 6.07) is 1.80. The first-order valence-electron chi connectivity index (χ1n) is 8.07. The number of allylic oxidation sites excluding steroid dienone is 1. The normalized spacial score (nSPS) is 21.9. The highest BCUT2D eigenvalue weighted by Crippen LogP contribution is 2.40. The van der Waals surface area contributed by atoms with Crippen molar-refractivity contribution in [3.8, 4) is 5.75 Å². The lowest BCUT2D eigenvalue weighted by Gasteiger charge is -2.28. The molecule has 1 heterocycles. The van der Waals surface area contributed by atoms with E-state index in [1.54, 1.807) is 19.4 Å². The topological polar surface area (TPSA) is 54.4 Å². The van der Waals surface area contributed by atoms with Crippen molar-refractivity contribution in [1.29, 1.82) is 0 Å². The zero-order chi connectivity index (χ0) is 17.6. The van der Waals surface area contributed by atoms with Crippen LogP contribution >= 0.6 is 0 Å². The molecule has 4 nitrogen and oxygen atoms in total. The summed E-state index contributed by atoms with van der Waals surface area (Å²) in [7, 11) is 1.55. The quantitative estimate of drug-likeness (QED) is 0.822. The molecule has 0 aromatic carbocycles. The molecule has 0 spiro atoms. The molecule has 1 aromatic heterocycles. The third kappa shape index (κ3) is 5.12. The predicted octanol–water partition coefficient (Wildman–Crippen LogP) is 3.88. The second-order valence-corrected chi connectivity index (χ2v) is 5.97. The molecule has 1 aliphatic rings. The number of anilines is 1. The number of rotatable bonds is 6. The maximum Gasteiger partial charge on any atom is 0.391 e. The number of methoxy groups -OCH3 is 1. The zero-order valence-electron chi connectivity index (χ0n) is 13.6. The Bertz CT molecular complexity index is 553. The van der Waals surface area contributed by atoms with Gasteiger partial charge in [0, 0.05) is 12.1 Å². The highest BCUT2D eigenvalue weighted by Gasteiger charge is 2.40. The van der Waals surface area contributed by atoms with Crippen molar-refractivity contribution in [2.45, 2.75) is 31.9 Å². The average molecular weight is 344 g/mol. The van der Waals surface area contributed by atoms with Gasteiger partial charge in [-0.25, -0.2) is 4.98 Å². The Labute approximate surface area is 139 Å². The van der Waals surface area contributed by atoms with Gasteiger partial charge in [-0.2, -0.15) is 13.2 Å². The van der Waals surface area contributed by atoms with Gasteiger partial charge < -0.3 is 15.2 Å². The summed E-state index contributed by atoms with van der Waals surface area (Å²) in [6.07, 6.45) is 2.82. The minimum atomic E-state index is -4.07. The molecule has 1 aromatic rings. The highest BCUT2D eigenvalue weighted by atomic mass is 19.4. The van der Waals surface area contributed by atoms with E-state index < -0.39 is 12.1 Å². The van der Waals surface area contributed by atoms with E-state index in [1.807, 2.05) is 12.2 Å². The van der Waals surface area contributed by atoms with E-state index in [1.165, 1.54) is 0 Å². The first-order chi connectivity index (χ1) is 11.4. The van der Waals surface area contributed by atoms with Crippen LogP contribution in [0.4, 0.5) is 19.0 Å². The number of ether oxygens (including phenoxy) is 1. The SMILES string of the molecule is COc1cnc(NCCO)cc1/C=C/[C@H]1CC[C@H](C(F)(F)F)CC1. The van der Waals surface area contributed by atoms with E-state index in [0.717, 1.165) is 5.56 Å². The molecule has 2 N–H and O–H groups in total. The number of hydrogen-bond donors (Lipinski definition) is 2. The molecular weight excluding hydrogens is 321 g/mol. The van der Waals surface area contributed by atoms with E-state index in [4.69, 9.17) is 9.84 Å². The summed E-state index contributed by atoms with van der Waals surface area (Å²) in [6.45, 7) is 0.394. The zero-order valence-corrected chi connectivity index (χ0v) is 13.6. The van der Waals surface area contributed by atoms with Crippen molar-refractivity contribution >= 4 is 11.9 Å². The van der Waals surface area contributed by atoms with Crippen LogP contribution in [-0.4, -0.2) is 36.5 Å². The van der Waals surface area contributed by atoms with Crippen LogP contribution in [0.25, 0.3) is 6.08 Å². The maximum absolute atomic E-state index is 12.7. The molecule has 0 atom stereocenters. The summed E-state index contributed by atoms with van der Waals surface area (Å²) < 4.78 is 43.4. The molecule has 7 heteroatoms. The Hall–Kier alpha value is -1.76. The van der Waals surface area contributed by atoms with Crippen LogP contribution in [0, 0.1) is 11.8 Å². The lowest BCUT2D eigenvalue weighted by molar-refractivity contribution is -0.183. The van der Waals surface area contributed by atoms with Gasteiger partial charge in [-0.05, 0) is 37.7 Å². The van der Waals surface area contributed by atoms with Gasteiger partial charge in [0.2, 0.25) is 0 Å². The molecule has 2 rings (SSSR count). The van der Waals surface area contributed by atoms with E-state index in [9.17, 15) is 13.2 Å². The van der Waals surface area contributed by atoms with Crippen LogP contribution < -0.4 is 10.1 Å². The van der Waals surface area contributed by atoms with Crippen LogP contribution in [0.15, 0.2) is 18.3 Å². The van der Waals surface area contributed by atoms with Crippen LogP contribution in [0.1, 0.15) is 31.2 Å². The molecule has 24 heavy (non-hydrogen) atoms. The molecule has 0 radical (unpaired) electrons. The number of pyridine rings is 1. The minimum Gasteiger partial charge on any atom is -0.495 e. The standard InChI is InChI=1S/C17H23F3N2O2/c1-24-15-11-22-16(21-8-9-23)10-13(15)5-2-12-3-6-14(7-4-12)17(18,19)20/h2,5,10-12,14,23H,3-4,6-9H2,1H3,(H,21,22)/b5-2+/t12-,14-. The third-order valence-corrected chi connectivity index (χ3v) is 4.32. The van der Waals surface area contributed by atoms with Gasteiger partial charge in [-0.3, -0.25) is 0 Å². The number of aliphatic hydroxyl groups excluding tert-OH is 1. The van der Waals surface area contributed by atoms with Crippen molar-refractivity contribution < 1.29 is 23.0 Å². The molecule has 1 saturated carbocycles. The van der Waals surface area contributed by atoms with Gasteiger partial charge in [0.15, 0.2) is 0 Å². The van der Waals surface area contributed by atoms with Gasteiger partial charge in [-0.1, -0.05) is 12.2 Å². The van der Waals surface area contributed by atoms with Crippen LogP contribution in [0.3, 0.4) is 0 Å². The average Bonchev–Trinajstić information content (AvgIpc) is 2.57. The van der Waals surface area contributed by atoms with E-state index in [-0.39, 0.29) is 25.4 Å². The van der Waals surface area contributed by atoms with Crippen molar-refractivity contribution in [2.75, 3.05) is 25.6 Å². The Morgan fingerprint density at radius 1 is 1.33 bits per heavy atom. The van der Waals surface area contributed by atoms with Crippen LogP contribution in [-0.2, 0) is 0 Å². The lowest BCUT2D eigenvalue weighted by atomic mass is 9.81. The second-order valence-electron chi connectivity index (χ2n) is 5.97. The second kappa shape index (κ2) is 8.37. The number of aliphatic hydroxyl groups is 1. The fourth-order valence-electron chi connectivity index (χ4n) is 2.92.